The third-order valence-electron chi connectivity index (χ3n) is 3.59. The Hall–Kier alpha value is -1.58. The van der Waals surface area contributed by atoms with Gasteiger partial charge in [0.2, 0.25) is 0 Å². The van der Waals surface area contributed by atoms with Crippen LogP contribution >= 0.6 is 0 Å². The third kappa shape index (κ3) is 3.50. The Morgan fingerprint density at radius 2 is 1.75 bits per heavy atom. The summed E-state index contributed by atoms with van der Waals surface area (Å²) >= 11 is 0. The molecular formula is C17H24N2O. The molecule has 2 aromatic rings. The summed E-state index contributed by atoms with van der Waals surface area (Å²) in [7, 11) is 2.09. The number of hydrogen-bond acceptors (Lipinski definition) is 3. The molecule has 1 heterocycles. The van der Waals surface area contributed by atoms with Gasteiger partial charge in [-0.05, 0) is 45.5 Å². The van der Waals surface area contributed by atoms with Crippen LogP contribution in [0.2, 0.25) is 0 Å². The van der Waals surface area contributed by atoms with Gasteiger partial charge >= 0.3 is 0 Å². The SMILES string of the molecule is Cc1cc(C)cc(C(CN)N(C)Cc2ccc(C)o2)c1. The van der Waals surface area contributed by atoms with E-state index in [2.05, 4.69) is 44.0 Å². The summed E-state index contributed by atoms with van der Waals surface area (Å²) in [6.07, 6.45) is 0. The maximum atomic E-state index is 5.99. The molecule has 0 saturated heterocycles. The van der Waals surface area contributed by atoms with Gasteiger partial charge in [-0.25, -0.2) is 0 Å². The number of furan rings is 1. The van der Waals surface area contributed by atoms with Gasteiger partial charge in [-0.3, -0.25) is 4.90 Å². The van der Waals surface area contributed by atoms with Crippen LogP contribution in [-0.2, 0) is 6.54 Å². The maximum Gasteiger partial charge on any atom is 0.118 e. The first-order valence-corrected chi connectivity index (χ1v) is 7.03. The first-order chi connectivity index (χ1) is 9.49. The first-order valence-electron chi connectivity index (χ1n) is 7.03. The van der Waals surface area contributed by atoms with Crippen LogP contribution in [0.15, 0.2) is 34.7 Å². The molecule has 1 atom stereocenters. The van der Waals surface area contributed by atoms with Crippen LogP contribution in [0.25, 0.3) is 0 Å². The molecule has 0 spiro atoms. The predicted molar refractivity (Wildman–Crippen MR) is 82.6 cm³/mol. The molecule has 1 aromatic heterocycles. The van der Waals surface area contributed by atoms with Gasteiger partial charge in [-0.2, -0.15) is 0 Å². The Kier molecular flexibility index (Phi) is 4.63. The van der Waals surface area contributed by atoms with Crippen molar-refractivity contribution in [3.8, 4) is 0 Å². The largest absolute Gasteiger partial charge is 0.465 e. The monoisotopic (exact) mass is 272 g/mol. The molecule has 0 radical (unpaired) electrons. The second-order valence-corrected chi connectivity index (χ2v) is 5.60. The van der Waals surface area contributed by atoms with Crippen LogP contribution in [0.3, 0.4) is 0 Å². The third-order valence-corrected chi connectivity index (χ3v) is 3.59. The van der Waals surface area contributed by atoms with Crippen LogP contribution in [-0.4, -0.2) is 18.5 Å². The number of rotatable bonds is 5. The Morgan fingerprint density at radius 1 is 1.10 bits per heavy atom. The van der Waals surface area contributed by atoms with Crippen molar-refractivity contribution in [1.29, 1.82) is 0 Å². The molecule has 3 nitrogen and oxygen atoms in total. The number of benzene rings is 1. The molecule has 0 bridgehead atoms. The summed E-state index contributed by atoms with van der Waals surface area (Å²) in [6.45, 7) is 7.58. The molecule has 1 unspecified atom stereocenters. The van der Waals surface area contributed by atoms with Crippen LogP contribution < -0.4 is 5.73 Å². The summed E-state index contributed by atoms with van der Waals surface area (Å²) in [5, 5.41) is 0. The summed E-state index contributed by atoms with van der Waals surface area (Å²) in [5.41, 5.74) is 9.82. The van der Waals surface area contributed by atoms with Crippen molar-refractivity contribution in [3.05, 3.63) is 58.5 Å². The lowest BCUT2D eigenvalue weighted by Gasteiger charge is -2.27. The predicted octanol–water partition coefficient (Wildman–Crippen LogP) is 3.34. The standard InChI is InChI=1S/C17H24N2O/c1-12-7-13(2)9-15(8-12)17(10-18)19(4)11-16-6-5-14(3)20-16/h5-9,17H,10-11,18H2,1-4H3. The van der Waals surface area contributed by atoms with E-state index in [4.69, 9.17) is 10.2 Å². The Labute approximate surface area is 121 Å². The van der Waals surface area contributed by atoms with Crippen LogP contribution in [0.4, 0.5) is 0 Å². The second-order valence-electron chi connectivity index (χ2n) is 5.60. The van der Waals surface area contributed by atoms with Crippen molar-refractivity contribution in [3.63, 3.8) is 0 Å². The van der Waals surface area contributed by atoms with Crippen molar-refractivity contribution in [1.82, 2.24) is 4.90 Å². The molecule has 0 amide bonds. The van der Waals surface area contributed by atoms with Gasteiger partial charge in [-0.15, -0.1) is 0 Å². The average molecular weight is 272 g/mol. The maximum absolute atomic E-state index is 5.99. The van der Waals surface area contributed by atoms with Gasteiger partial charge in [0.05, 0.1) is 6.54 Å². The Balaban J connectivity index is 2.18. The summed E-state index contributed by atoms with van der Waals surface area (Å²) in [6, 6.07) is 10.9. The lowest BCUT2D eigenvalue weighted by atomic mass is 10.0. The van der Waals surface area contributed by atoms with Crippen molar-refractivity contribution < 1.29 is 4.42 Å². The van der Waals surface area contributed by atoms with Gasteiger partial charge in [0, 0.05) is 12.6 Å². The van der Waals surface area contributed by atoms with E-state index in [1.54, 1.807) is 0 Å². The zero-order valence-electron chi connectivity index (χ0n) is 12.8. The minimum atomic E-state index is 0.207. The van der Waals surface area contributed by atoms with Crippen LogP contribution in [0, 0.1) is 20.8 Å². The molecule has 0 aliphatic rings. The van der Waals surface area contributed by atoms with E-state index in [0.29, 0.717) is 6.54 Å². The van der Waals surface area contributed by atoms with E-state index in [-0.39, 0.29) is 6.04 Å². The molecule has 0 aliphatic carbocycles. The molecule has 3 heteroatoms. The minimum absolute atomic E-state index is 0.207. The number of likely N-dealkylation sites (N-methyl/N-ethyl adjacent to an activating group) is 1. The van der Waals surface area contributed by atoms with E-state index in [1.807, 2.05) is 19.1 Å². The molecule has 1 aromatic carbocycles. The molecular weight excluding hydrogens is 248 g/mol. The smallest absolute Gasteiger partial charge is 0.118 e. The molecule has 2 N–H and O–H groups in total. The Bertz CT molecular complexity index is 554. The Morgan fingerprint density at radius 3 is 2.25 bits per heavy atom. The van der Waals surface area contributed by atoms with Crippen LogP contribution in [0.5, 0.6) is 0 Å². The van der Waals surface area contributed by atoms with Gasteiger partial charge in [0.15, 0.2) is 0 Å². The van der Waals surface area contributed by atoms with E-state index >= 15 is 0 Å². The number of nitrogens with two attached hydrogens (primary N) is 1. The normalized spacial score (nSPS) is 12.9. The fourth-order valence-electron chi connectivity index (χ4n) is 2.70. The second kappa shape index (κ2) is 6.25. The summed E-state index contributed by atoms with van der Waals surface area (Å²) < 4.78 is 5.65. The highest BCUT2D eigenvalue weighted by Crippen LogP contribution is 2.23. The quantitative estimate of drug-likeness (QED) is 0.907. The van der Waals surface area contributed by atoms with Gasteiger partial charge in [0.25, 0.3) is 0 Å². The molecule has 20 heavy (non-hydrogen) atoms. The highest BCUT2D eigenvalue weighted by atomic mass is 16.3. The van der Waals surface area contributed by atoms with Gasteiger partial charge < -0.3 is 10.2 Å². The van der Waals surface area contributed by atoms with Gasteiger partial charge in [-0.1, -0.05) is 29.3 Å². The molecule has 2 rings (SSSR count). The fourth-order valence-corrected chi connectivity index (χ4v) is 2.70. The zero-order valence-corrected chi connectivity index (χ0v) is 12.8. The molecule has 0 fully saturated rings. The van der Waals surface area contributed by atoms with Crippen molar-refractivity contribution in [2.24, 2.45) is 5.73 Å². The van der Waals surface area contributed by atoms with Gasteiger partial charge in [0.1, 0.15) is 11.5 Å². The summed E-state index contributed by atoms with van der Waals surface area (Å²) in [4.78, 5) is 2.24. The van der Waals surface area contributed by atoms with E-state index in [0.717, 1.165) is 18.1 Å². The van der Waals surface area contributed by atoms with E-state index in [9.17, 15) is 0 Å². The van der Waals surface area contributed by atoms with Crippen molar-refractivity contribution >= 4 is 0 Å². The lowest BCUT2D eigenvalue weighted by molar-refractivity contribution is 0.221. The average Bonchev–Trinajstić information content (AvgIpc) is 2.74. The lowest BCUT2D eigenvalue weighted by Crippen LogP contribution is -2.30. The molecule has 0 saturated carbocycles. The van der Waals surface area contributed by atoms with Crippen molar-refractivity contribution in [2.45, 2.75) is 33.4 Å². The van der Waals surface area contributed by atoms with Crippen LogP contribution in [0.1, 0.15) is 34.3 Å². The van der Waals surface area contributed by atoms with Crippen molar-refractivity contribution in [2.75, 3.05) is 13.6 Å². The minimum Gasteiger partial charge on any atom is -0.465 e. The zero-order chi connectivity index (χ0) is 14.7. The number of aryl methyl sites for hydroxylation is 3. The number of hydrogen-bond donors (Lipinski definition) is 1. The number of nitrogens with zero attached hydrogens (tertiary/aromatic N) is 1. The topological polar surface area (TPSA) is 42.4 Å². The highest BCUT2D eigenvalue weighted by molar-refractivity contribution is 5.31. The van der Waals surface area contributed by atoms with E-state index in [1.165, 1.54) is 16.7 Å². The highest BCUT2D eigenvalue weighted by Gasteiger charge is 2.17. The summed E-state index contributed by atoms with van der Waals surface area (Å²) in [5.74, 6) is 1.93. The fraction of sp³-hybridized carbons (Fsp3) is 0.412. The van der Waals surface area contributed by atoms with E-state index < -0.39 is 0 Å². The first kappa shape index (κ1) is 14.8. The molecule has 108 valence electrons. The molecule has 0 aliphatic heterocycles.